The lowest BCUT2D eigenvalue weighted by molar-refractivity contribution is -0.133. The number of fused-ring (bicyclic) bond motifs is 1. The molecule has 1 aliphatic rings. The normalized spacial score (nSPS) is 14.8. The number of hydrogen-bond donors (Lipinski definition) is 0. The quantitative estimate of drug-likeness (QED) is 0.449. The molecular weight excluding hydrogens is 447 g/mol. The van der Waals surface area contributed by atoms with Gasteiger partial charge in [0.25, 0.3) is 5.56 Å². The van der Waals surface area contributed by atoms with E-state index in [1.807, 2.05) is 10.3 Å². The number of nitrogens with zero attached hydrogens (tertiary/aromatic N) is 4. The largest absolute Gasteiger partial charge is 0.339 e. The summed E-state index contributed by atoms with van der Waals surface area (Å²) in [5.41, 5.74) is 1.22. The Morgan fingerprint density at radius 1 is 1.06 bits per heavy atom. The minimum Gasteiger partial charge on any atom is -0.339 e. The lowest BCUT2D eigenvalue weighted by Gasteiger charge is -2.34. The number of hydrogen-bond acceptors (Lipinski definition) is 6. The minimum atomic E-state index is -0.329. The molecule has 0 atom stereocenters. The van der Waals surface area contributed by atoms with Gasteiger partial charge in [-0.05, 0) is 29.1 Å². The first-order valence-electron chi connectivity index (χ1n) is 10.3. The topological polar surface area (TPSA) is 58.4 Å². The van der Waals surface area contributed by atoms with E-state index in [0.717, 1.165) is 25.2 Å². The van der Waals surface area contributed by atoms with Crippen LogP contribution in [0.3, 0.4) is 0 Å². The van der Waals surface area contributed by atoms with Crippen molar-refractivity contribution in [3.63, 3.8) is 0 Å². The summed E-state index contributed by atoms with van der Waals surface area (Å²) in [5, 5.41) is 4.40. The number of piperazine rings is 1. The molecule has 1 aromatic carbocycles. The summed E-state index contributed by atoms with van der Waals surface area (Å²) in [5.74, 6) is -0.410. The summed E-state index contributed by atoms with van der Waals surface area (Å²) >= 11 is 3.11. The molecule has 0 saturated carbocycles. The van der Waals surface area contributed by atoms with Crippen LogP contribution in [0.5, 0.6) is 0 Å². The maximum Gasteiger partial charge on any atom is 0.263 e. The SMILES string of the molecule is O=C(Cn1cnc2scc(-c3ccc(F)cc3)c2c1=O)N1CCN(Cc2cccs2)CC1. The molecule has 5 rings (SSSR count). The maximum atomic E-state index is 13.3. The highest BCUT2D eigenvalue weighted by molar-refractivity contribution is 7.17. The van der Waals surface area contributed by atoms with Gasteiger partial charge in [-0.3, -0.25) is 19.1 Å². The number of halogens is 1. The lowest BCUT2D eigenvalue weighted by atomic mass is 10.1. The average molecular weight is 469 g/mol. The molecule has 1 saturated heterocycles. The predicted molar refractivity (Wildman–Crippen MR) is 125 cm³/mol. The highest BCUT2D eigenvalue weighted by atomic mass is 32.1. The second kappa shape index (κ2) is 8.93. The summed E-state index contributed by atoms with van der Waals surface area (Å²) in [4.78, 5) is 36.5. The Morgan fingerprint density at radius 3 is 2.56 bits per heavy atom. The number of amides is 1. The fourth-order valence-electron chi connectivity index (χ4n) is 3.95. The predicted octanol–water partition coefficient (Wildman–Crippen LogP) is 3.67. The monoisotopic (exact) mass is 468 g/mol. The number of benzene rings is 1. The van der Waals surface area contributed by atoms with Gasteiger partial charge < -0.3 is 4.90 Å². The fourth-order valence-corrected chi connectivity index (χ4v) is 5.60. The van der Waals surface area contributed by atoms with Gasteiger partial charge in [-0.1, -0.05) is 18.2 Å². The molecule has 1 amide bonds. The summed E-state index contributed by atoms with van der Waals surface area (Å²) < 4.78 is 14.7. The maximum absolute atomic E-state index is 13.3. The Hall–Kier alpha value is -2.88. The summed E-state index contributed by atoms with van der Waals surface area (Å²) in [6, 6.07) is 10.2. The first kappa shape index (κ1) is 21.0. The van der Waals surface area contributed by atoms with Crippen LogP contribution in [-0.4, -0.2) is 51.4 Å². The first-order chi connectivity index (χ1) is 15.6. The molecule has 3 aromatic heterocycles. The molecule has 164 valence electrons. The molecule has 0 bridgehead atoms. The van der Waals surface area contributed by atoms with Gasteiger partial charge in [-0.15, -0.1) is 22.7 Å². The van der Waals surface area contributed by atoms with Gasteiger partial charge in [0, 0.05) is 48.5 Å². The molecule has 1 aliphatic heterocycles. The van der Waals surface area contributed by atoms with Gasteiger partial charge in [0.05, 0.1) is 11.7 Å². The van der Waals surface area contributed by atoms with E-state index in [1.54, 1.807) is 23.5 Å². The Kier molecular flexibility index (Phi) is 5.86. The molecule has 0 aliphatic carbocycles. The van der Waals surface area contributed by atoms with Gasteiger partial charge in [0.15, 0.2) is 0 Å². The molecule has 9 heteroatoms. The van der Waals surface area contributed by atoms with Gasteiger partial charge >= 0.3 is 0 Å². The molecule has 0 N–H and O–H groups in total. The lowest BCUT2D eigenvalue weighted by Crippen LogP contribution is -2.49. The zero-order chi connectivity index (χ0) is 22.1. The number of thiophene rings is 2. The van der Waals surface area contributed by atoms with Crippen molar-refractivity contribution in [2.45, 2.75) is 13.1 Å². The van der Waals surface area contributed by atoms with Crippen LogP contribution < -0.4 is 5.56 Å². The van der Waals surface area contributed by atoms with Crippen LogP contribution in [0.4, 0.5) is 4.39 Å². The summed E-state index contributed by atoms with van der Waals surface area (Å²) in [6.07, 6.45) is 1.44. The van der Waals surface area contributed by atoms with Crippen LogP contribution in [0.2, 0.25) is 0 Å². The molecule has 0 radical (unpaired) electrons. The van der Waals surface area contributed by atoms with Crippen LogP contribution in [0.15, 0.2) is 58.3 Å². The average Bonchev–Trinajstić information content (AvgIpc) is 3.47. The molecule has 4 heterocycles. The molecule has 6 nitrogen and oxygen atoms in total. The molecular formula is C23H21FN4O2S2. The van der Waals surface area contributed by atoms with Crippen molar-refractivity contribution < 1.29 is 9.18 Å². The van der Waals surface area contributed by atoms with Crippen molar-refractivity contribution in [1.29, 1.82) is 0 Å². The van der Waals surface area contributed by atoms with Crippen LogP contribution >= 0.6 is 22.7 Å². The zero-order valence-electron chi connectivity index (χ0n) is 17.2. The van der Waals surface area contributed by atoms with Gasteiger partial charge in [-0.2, -0.15) is 0 Å². The highest BCUT2D eigenvalue weighted by Gasteiger charge is 2.22. The Labute approximate surface area is 192 Å². The number of carbonyl (C=O) groups is 1. The molecule has 0 spiro atoms. The molecule has 0 unspecified atom stereocenters. The number of rotatable bonds is 5. The van der Waals surface area contributed by atoms with Crippen molar-refractivity contribution in [3.05, 3.63) is 74.5 Å². The third kappa shape index (κ3) is 4.23. The number of carbonyl (C=O) groups excluding carboxylic acids is 1. The van der Waals surface area contributed by atoms with E-state index in [0.29, 0.717) is 28.9 Å². The van der Waals surface area contributed by atoms with Crippen molar-refractivity contribution in [3.8, 4) is 11.1 Å². The van der Waals surface area contributed by atoms with E-state index in [4.69, 9.17) is 0 Å². The summed E-state index contributed by atoms with van der Waals surface area (Å²) in [7, 11) is 0. The van der Waals surface area contributed by atoms with Crippen LogP contribution in [0, 0.1) is 5.82 Å². The van der Waals surface area contributed by atoms with Crippen molar-refractivity contribution in [1.82, 2.24) is 19.4 Å². The first-order valence-corrected chi connectivity index (χ1v) is 12.1. The fraction of sp³-hybridized carbons (Fsp3) is 0.261. The van der Waals surface area contributed by atoms with Crippen LogP contribution in [0.25, 0.3) is 21.3 Å². The zero-order valence-corrected chi connectivity index (χ0v) is 18.9. The van der Waals surface area contributed by atoms with Crippen LogP contribution in [-0.2, 0) is 17.9 Å². The molecule has 4 aromatic rings. The van der Waals surface area contributed by atoms with E-state index in [1.165, 1.54) is 39.2 Å². The van der Waals surface area contributed by atoms with Crippen molar-refractivity contribution >= 4 is 38.8 Å². The third-order valence-electron chi connectivity index (χ3n) is 5.71. The highest BCUT2D eigenvalue weighted by Crippen LogP contribution is 2.30. The molecule has 1 fully saturated rings. The number of aromatic nitrogens is 2. The van der Waals surface area contributed by atoms with E-state index in [2.05, 4.69) is 27.4 Å². The summed E-state index contributed by atoms with van der Waals surface area (Å²) in [6.45, 7) is 3.79. The van der Waals surface area contributed by atoms with Gasteiger partial charge in [0.2, 0.25) is 5.91 Å². The van der Waals surface area contributed by atoms with E-state index in [-0.39, 0.29) is 23.8 Å². The third-order valence-corrected chi connectivity index (χ3v) is 7.45. The van der Waals surface area contributed by atoms with Crippen molar-refractivity contribution in [2.24, 2.45) is 0 Å². The second-order valence-corrected chi connectivity index (χ2v) is 9.64. The molecule has 32 heavy (non-hydrogen) atoms. The van der Waals surface area contributed by atoms with E-state index in [9.17, 15) is 14.0 Å². The standard InChI is InChI=1S/C23H21FN4O2S2/c24-17-5-3-16(4-6-17)19-14-32-22-21(19)23(30)28(15-25-22)13-20(29)27-9-7-26(8-10-27)12-18-2-1-11-31-18/h1-6,11,14-15H,7-10,12-13H2. The van der Waals surface area contributed by atoms with Gasteiger partial charge in [-0.25, -0.2) is 9.37 Å². The second-order valence-electron chi connectivity index (χ2n) is 7.75. The Morgan fingerprint density at radius 2 is 1.84 bits per heavy atom. The Bertz CT molecular complexity index is 1290. The van der Waals surface area contributed by atoms with Crippen molar-refractivity contribution in [2.75, 3.05) is 26.2 Å². The minimum absolute atomic E-state index is 0.0363. The Balaban J connectivity index is 1.30. The van der Waals surface area contributed by atoms with E-state index < -0.39 is 0 Å². The van der Waals surface area contributed by atoms with E-state index >= 15 is 0 Å². The smallest absolute Gasteiger partial charge is 0.263 e. The van der Waals surface area contributed by atoms with Gasteiger partial charge in [0.1, 0.15) is 17.2 Å². The van der Waals surface area contributed by atoms with Crippen LogP contribution in [0.1, 0.15) is 4.88 Å².